The van der Waals surface area contributed by atoms with Crippen LogP contribution in [0, 0.1) is 0 Å². The molecule has 1 amide bonds. The van der Waals surface area contributed by atoms with Gasteiger partial charge in [-0.25, -0.2) is 0 Å². The van der Waals surface area contributed by atoms with Gasteiger partial charge in [0.25, 0.3) is 0 Å². The van der Waals surface area contributed by atoms with Gasteiger partial charge in [0.15, 0.2) is 0 Å². The highest BCUT2D eigenvalue weighted by Crippen LogP contribution is 2.38. The Balaban J connectivity index is 0.00000462. The van der Waals surface area contributed by atoms with Crippen LogP contribution in [0.5, 0.6) is 0 Å². The predicted molar refractivity (Wildman–Crippen MR) is 166 cm³/mol. The minimum atomic E-state index is -4.38. The summed E-state index contributed by atoms with van der Waals surface area (Å²) in [6.07, 6.45) is 0.124. The number of hydrogen-bond acceptors (Lipinski definition) is 5. The Bertz CT molecular complexity index is 1120. The van der Waals surface area contributed by atoms with E-state index in [1.54, 1.807) is 12.3 Å². The monoisotopic (exact) mass is 592 g/mol. The number of rotatable bonds is 8. The lowest BCUT2D eigenvalue weighted by atomic mass is 9.87. The van der Waals surface area contributed by atoms with Crippen molar-refractivity contribution >= 4 is 29.0 Å². The number of alkyl halides is 3. The normalized spacial score (nSPS) is 17.3. The molecule has 2 aromatic carbocycles. The molecule has 0 saturated carbocycles. The van der Waals surface area contributed by atoms with Crippen LogP contribution in [0.2, 0.25) is 0 Å². The summed E-state index contributed by atoms with van der Waals surface area (Å²) >= 11 is 1.10. The van der Waals surface area contributed by atoms with Crippen molar-refractivity contribution in [3.05, 3.63) is 53.6 Å². The SMILES string of the molecule is C.CSc1ccc(NC2CCN(C(=O)CCCN3CCN(c4ccc(C(C)(C)C)cc4)CC3)CC2)cc1C(F)(F)F. The van der Waals surface area contributed by atoms with Crippen molar-refractivity contribution in [2.75, 3.05) is 62.3 Å². The number of piperidine rings is 1. The van der Waals surface area contributed by atoms with Gasteiger partial charge < -0.3 is 15.1 Å². The minimum Gasteiger partial charge on any atom is -0.382 e. The summed E-state index contributed by atoms with van der Waals surface area (Å²) in [5.41, 5.74) is 2.66. The number of likely N-dealkylation sites (tertiary alicyclic amines) is 1. The zero-order chi connectivity index (χ0) is 28.9. The lowest BCUT2D eigenvalue weighted by Gasteiger charge is -2.36. The van der Waals surface area contributed by atoms with Gasteiger partial charge in [0.05, 0.1) is 5.56 Å². The molecular formula is C32H47F3N4OS. The Morgan fingerprint density at radius 3 is 2.15 bits per heavy atom. The molecule has 0 unspecified atom stereocenters. The molecule has 0 aromatic heterocycles. The number of thioether (sulfide) groups is 1. The maximum Gasteiger partial charge on any atom is 0.417 e. The van der Waals surface area contributed by atoms with E-state index in [0.29, 0.717) is 25.2 Å². The van der Waals surface area contributed by atoms with E-state index in [0.717, 1.165) is 63.7 Å². The summed E-state index contributed by atoms with van der Waals surface area (Å²) in [7, 11) is 0. The smallest absolute Gasteiger partial charge is 0.382 e. The van der Waals surface area contributed by atoms with Crippen molar-refractivity contribution in [2.24, 2.45) is 0 Å². The van der Waals surface area contributed by atoms with Crippen LogP contribution in [0.25, 0.3) is 0 Å². The third-order valence-corrected chi connectivity index (χ3v) is 8.85. The molecule has 2 saturated heterocycles. The van der Waals surface area contributed by atoms with E-state index in [4.69, 9.17) is 0 Å². The Morgan fingerprint density at radius 2 is 1.59 bits per heavy atom. The highest BCUT2D eigenvalue weighted by atomic mass is 32.2. The molecular weight excluding hydrogens is 545 g/mol. The molecule has 2 aromatic rings. The fourth-order valence-corrected chi connectivity index (χ4v) is 6.14. The molecule has 0 atom stereocenters. The Labute approximate surface area is 248 Å². The summed E-state index contributed by atoms with van der Waals surface area (Å²) < 4.78 is 40.2. The molecule has 9 heteroatoms. The number of nitrogens with zero attached hydrogens (tertiary/aromatic N) is 3. The van der Waals surface area contributed by atoms with Crippen LogP contribution in [-0.2, 0) is 16.4 Å². The van der Waals surface area contributed by atoms with Crippen molar-refractivity contribution < 1.29 is 18.0 Å². The van der Waals surface area contributed by atoms with Crippen molar-refractivity contribution in [3.8, 4) is 0 Å². The predicted octanol–water partition coefficient (Wildman–Crippen LogP) is 7.37. The summed E-state index contributed by atoms with van der Waals surface area (Å²) in [5.74, 6) is 0.180. The number of piperazine rings is 1. The van der Waals surface area contributed by atoms with Gasteiger partial charge in [-0.3, -0.25) is 9.69 Å². The van der Waals surface area contributed by atoms with E-state index in [1.807, 2.05) is 4.90 Å². The lowest BCUT2D eigenvalue weighted by molar-refractivity contribution is -0.139. The molecule has 4 rings (SSSR count). The van der Waals surface area contributed by atoms with E-state index in [9.17, 15) is 18.0 Å². The number of anilines is 2. The van der Waals surface area contributed by atoms with Gasteiger partial charge >= 0.3 is 6.18 Å². The fraction of sp³-hybridized carbons (Fsp3) is 0.594. The lowest BCUT2D eigenvalue weighted by Crippen LogP contribution is -2.47. The van der Waals surface area contributed by atoms with Crippen molar-refractivity contribution in [3.63, 3.8) is 0 Å². The van der Waals surface area contributed by atoms with Crippen molar-refractivity contribution in [1.29, 1.82) is 0 Å². The molecule has 1 N–H and O–H groups in total. The molecule has 0 radical (unpaired) electrons. The molecule has 0 spiro atoms. The maximum atomic E-state index is 13.4. The van der Waals surface area contributed by atoms with Crippen LogP contribution >= 0.6 is 11.8 Å². The van der Waals surface area contributed by atoms with Gasteiger partial charge in [0.1, 0.15) is 0 Å². The topological polar surface area (TPSA) is 38.8 Å². The molecule has 228 valence electrons. The third kappa shape index (κ3) is 9.05. The first-order valence-electron chi connectivity index (χ1n) is 14.3. The first-order chi connectivity index (χ1) is 18.9. The molecule has 2 aliphatic heterocycles. The quantitative estimate of drug-likeness (QED) is 0.324. The second-order valence-corrected chi connectivity index (χ2v) is 12.8. The Hall–Kier alpha value is -2.39. The van der Waals surface area contributed by atoms with Crippen LogP contribution in [0.3, 0.4) is 0 Å². The zero-order valence-electron chi connectivity index (χ0n) is 24.2. The van der Waals surface area contributed by atoms with Crippen molar-refractivity contribution in [2.45, 2.75) is 76.4 Å². The minimum absolute atomic E-state index is 0. The fourth-order valence-electron chi connectivity index (χ4n) is 5.54. The zero-order valence-corrected chi connectivity index (χ0v) is 25.0. The average Bonchev–Trinajstić information content (AvgIpc) is 2.93. The van der Waals surface area contributed by atoms with E-state index < -0.39 is 11.7 Å². The van der Waals surface area contributed by atoms with Gasteiger partial charge in [0.2, 0.25) is 5.91 Å². The van der Waals surface area contributed by atoms with Crippen LogP contribution in [0.1, 0.15) is 65.0 Å². The average molecular weight is 593 g/mol. The van der Waals surface area contributed by atoms with Crippen LogP contribution in [-0.4, -0.2) is 73.8 Å². The molecule has 41 heavy (non-hydrogen) atoms. The number of nitrogens with one attached hydrogen (secondary N) is 1. The number of benzene rings is 2. The first kappa shape index (κ1) is 33.1. The van der Waals surface area contributed by atoms with Gasteiger partial charge in [-0.15, -0.1) is 11.8 Å². The van der Waals surface area contributed by atoms with E-state index in [2.05, 4.69) is 60.2 Å². The molecule has 2 heterocycles. The third-order valence-electron chi connectivity index (χ3n) is 8.06. The number of hydrogen-bond donors (Lipinski definition) is 1. The van der Waals surface area contributed by atoms with Crippen molar-refractivity contribution in [1.82, 2.24) is 9.80 Å². The molecule has 0 aliphatic carbocycles. The second-order valence-electron chi connectivity index (χ2n) is 11.9. The van der Waals surface area contributed by atoms with Crippen LogP contribution in [0.15, 0.2) is 47.4 Å². The highest BCUT2D eigenvalue weighted by Gasteiger charge is 2.34. The standard InChI is InChI=1S/C31H43F3N4OS.CH4/c1-30(2,3)23-7-10-26(11-8-23)37-20-18-36(19-21-37)15-5-6-29(39)38-16-13-24(14-17-38)35-25-9-12-28(40-4)27(22-25)31(32,33)34;/h7-12,22,24,35H,5-6,13-21H2,1-4H3;1H4. The highest BCUT2D eigenvalue weighted by molar-refractivity contribution is 7.98. The Kier molecular flexibility index (Phi) is 11.5. The summed E-state index contributed by atoms with van der Waals surface area (Å²) in [5, 5.41) is 3.26. The van der Waals surface area contributed by atoms with E-state index >= 15 is 0 Å². The number of halogens is 3. The van der Waals surface area contributed by atoms with Gasteiger partial charge in [-0.05, 0) is 73.4 Å². The summed E-state index contributed by atoms with van der Waals surface area (Å²) in [4.78, 5) is 19.8. The summed E-state index contributed by atoms with van der Waals surface area (Å²) in [6.45, 7) is 12.9. The molecule has 0 bridgehead atoms. The largest absolute Gasteiger partial charge is 0.417 e. The molecule has 5 nitrogen and oxygen atoms in total. The van der Waals surface area contributed by atoms with E-state index in [-0.39, 0.29) is 29.7 Å². The molecule has 2 fully saturated rings. The summed E-state index contributed by atoms with van der Waals surface area (Å²) in [6, 6.07) is 13.4. The number of amides is 1. The second kappa shape index (κ2) is 14.2. The number of carbonyl (C=O) groups is 1. The Morgan fingerprint density at radius 1 is 0.951 bits per heavy atom. The van der Waals surface area contributed by atoms with Gasteiger partial charge in [-0.2, -0.15) is 13.2 Å². The van der Waals surface area contributed by atoms with Gasteiger partial charge in [0, 0.05) is 68.0 Å². The molecule has 2 aliphatic rings. The van der Waals surface area contributed by atoms with E-state index in [1.165, 1.54) is 23.4 Å². The maximum absolute atomic E-state index is 13.4. The van der Waals surface area contributed by atoms with Crippen LogP contribution in [0.4, 0.5) is 24.5 Å². The van der Waals surface area contributed by atoms with Crippen LogP contribution < -0.4 is 10.2 Å². The first-order valence-corrected chi connectivity index (χ1v) is 15.5. The van der Waals surface area contributed by atoms with Gasteiger partial charge in [-0.1, -0.05) is 40.3 Å². The number of carbonyl (C=O) groups excluding carboxylic acids is 1.